The number of aromatic nitrogens is 1. The zero-order chi connectivity index (χ0) is 22.7. The van der Waals surface area contributed by atoms with Crippen LogP contribution < -0.4 is 10.6 Å². The van der Waals surface area contributed by atoms with Crippen LogP contribution in [0.25, 0.3) is 5.69 Å². The van der Waals surface area contributed by atoms with E-state index >= 15 is 0 Å². The maximum Gasteiger partial charge on any atom is 0.357 e. The Labute approximate surface area is 186 Å². The number of esters is 1. The average molecular weight is 429 g/mol. The maximum atomic E-state index is 12.6. The number of amides is 1. The number of hydrogen-bond donors (Lipinski definition) is 1. The summed E-state index contributed by atoms with van der Waals surface area (Å²) in [5.41, 5.74) is 8.83. The van der Waals surface area contributed by atoms with Gasteiger partial charge in [-0.25, -0.2) is 4.79 Å². The largest absolute Gasteiger partial charge is 0.464 e. The van der Waals surface area contributed by atoms with Crippen LogP contribution in [0, 0.1) is 11.3 Å². The molecule has 0 aliphatic carbocycles. The number of nitrogens with zero attached hydrogens (tertiary/aromatic N) is 4. The zero-order valence-corrected chi connectivity index (χ0v) is 17.7. The molecule has 0 bridgehead atoms. The molecule has 1 aromatic heterocycles. The number of carbonyl (C=O) groups excluding carboxylic acids is 2. The summed E-state index contributed by atoms with van der Waals surface area (Å²) in [5.74, 6) is -0.554. The Morgan fingerprint density at radius 3 is 2.19 bits per heavy atom. The van der Waals surface area contributed by atoms with Crippen LogP contribution in [0.3, 0.4) is 0 Å². The lowest BCUT2D eigenvalue weighted by Gasteiger charge is -2.36. The quantitative estimate of drug-likeness (QED) is 0.640. The number of benzene rings is 2. The molecule has 4 rings (SSSR count). The summed E-state index contributed by atoms with van der Waals surface area (Å²) in [7, 11) is 1.27. The number of carbonyl (C=O) groups is 2. The number of nitrogens with two attached hydrogens (primary N) is 1. The van der Waals surface area contributed by atoms with E-state index in [9.17, 15) is 14.9 Å². The lowest BCUT2D eigenvalue weighted by molar-refractivity contribution is 0.0592. The van der Waals surface area contributed by atoms with Gasteiger partial charge in [0, 0.05) is 49.3 Å². The van der Waals surface area contributed by atoms with Gasteiger partial charge in [0.2, 0.25) is 0 Å². The maximum absolute atomic E-state index is 12.6. The van der Waals surface area contributed by atoms with E-state index in [2.05, 4.69) is 4.90 Å². The van der Waals surface area contributed by atoms with Crippen LogP contribution in [0.2, 0.25) is 0 Å². The van der Waals surface area contributed by atoms with Crippen molar-refractivity contribution >= 4 is 23.3 Å². The fourth-order valence-electron chi connectivity index (χ4n) is 3.87. The van der Waals surface area contributed by atoms with Crippen molar-refractivity contribution in [3.63, 3.8) is 0 Å². The summed E-state index contributed by atoms with van der Waals surface area (Å²) in [6.07, 6.45) is 1.53. The highest BCUT2D eigenvalue weighted by molar-refractivity contribution is 5.96. The summed E-state index contributed by atoms with van der Waals surface area (Å²) < 4.78 is 6.40. The van der Waals surface area contributed by atoms with E-state index < -0.39 is 5.97 Å². The van der Waals surface area contributed by atoms with Gasteiger partial charge in [-0.15, -0.1) is 0 Å². The van der Waals surface area contributed by atoms with Crippen molar-refractivity contribution in [2.75, 3.05) is 43.9 Å². The Kier molecular flexibility index (Phi) is 5.81. The minimum atomic E-state index is -0.604. The summed E-state index contributed by atoms with van der Waals surface area (Å²) >= 11 is 0. The first-order valence-electron chi connectivity index (χ1n) is 10.2. The molecule has 32 heavy (non-hydrogen) atoms. The Morgan fingerprint density at radius 1 is 0.969 bits per heavy atom. The highest BCUT2D eigenvalue weighted by Gasteiger charge is 2.24. The van der Waals surface area contributed by atoms with Crippen LogP contribution in [-0.4, -0.2) is 54.6 Å². The molecule has 3 aromatic rings. The number of anilines is 2. The lowest BCUT2D eigenvalue weighted by atomic mass is 10.1. The minimum absolute atomic E-state index is 0.0504. The molecule has 0 unspecified atom stereocenters. The van der Waals surface area contributed by atoms with Crippen LogP contribution >= 0.6 is 0 Å². The molecule has 0 atom stereocenters. The monoisotopic (exact) mass is 429 g/mol. The standard InChI is InChI=1S/C24H23N5O3/c1-32-24(31)22-21(26)18(15-25)16-29(22)20-9-7-19(8-10-20)27-11-13-28(14-12-27)23(30)17-5-3-2-4-6-17/h2-10,16H,11-14,26H2,1H3. The van der Waals surface area contributed by atoms with E-state index in [1.807, 2.05) is 65.6 Å². The first-order valence-corrected chi connectivity index (χ1v) is 10.2. The number of rotatable bonds is 4. The molecule has 1 saturated heterocycles. The molecule has 1 fully saturated rings. The topological polar surface area (TPSA) is 105 Å². The second kappa shape index (κ2) is 8.86. The first kappa shape index (κ1) is 21.0. The molecule has 2 N–H and O–H groups in total. The van der Waals surface area contributed by atoms with Crippen LogP contribution in [0.1, 0.15) is 26.4 Å². The van der Waals surface area contributed by atoms with E-state index in [0.29, 0.717) is 24.3 Å². The van der Waals surface area contributed by atoms with Crippen molar-refractivity contribution in [1.29, 1.82) is 5.26 Å². The average Bonchev–Trinajstić information content (AvgIpc) is 3.20. The second-order valence-corrected chi connectivity index (χ2v) is 7.44. The highest BCUT2D eigenvalue weighted by Crippen LogP contribution is 2.26. The van der Waals surface area contributed by atoms with Crippen molar-refractivity contribution in [3.05, 3.63) is 77.6 Å². The minimum Gasteiger partial charge on any atom is -0.464 e. The van der Waals surface area contributed by atoms with E-state index in [4.69, 9.17) is 10.5 Å². The smallest absolute Gasteiger partial charge is 0.357 e. The van der Waals surface area contributed by atoms with Gasteiger partial charge in [0.1, 0.15) is 6.07 Å². The van der Waals surface area contributed by atoms with Gasteiger partial charge < -0.3 is 24.8 Å². The zero-order valence-electron chi connectivity index (χ0n) is 17.7. The molecule has 1 amide bonds. The Morgan fingerprint density at radius 2 is 1.59 bits per heavy atom. The summed E-state index contributed by atoms with van der Waals surface area (Å²) in [6.45, 7) is 2.73. The number of nitrogen functional groups attached to an aromatic ring is 1. The molecule has 0 radical (unpaired) electrons. The van der Waals surface area contributed by atoms with Crippen molar-refractivity contribution in [2.24, 2.45) is 0 Å². The summed E-state index contributed by atoms with van der Waals surface area (Å²) in [6, 6.07) is 18.9. The summed E-state index contributed by atoms with van der Waals surface area (Å²) in [4.78, 5) is 28.9. The highest BCUT2D eigenvalue weighted by atomic mass is 16.5. The molecule has 0 saturated carbocycles. The molecule has 1 aliphatic rings. The van der Waals surface area contributed by atoms with Gasteiger partial charge in [0.25, 0.3) is 5.91 Å². The number of ether oxygens (including phenoxy) is 1. The van der Waals surface area contributed by atoms with Crippen LogP contribution in [-0.2, 0) is 4.74 Å². The van der Waals surface area contributed by atoms with Crippen LogP contribution in [0.5, 0.6) is 0 Å². The number of hydrogen-bond acceptors (Lipinski definition) is 6. The third-order valence-electron chi connectivity index (χ3n) is 5.62. The van der Waals surface area contributed by atoms with Crippen LogP contribution in [0.15, 0.2) is 60.8 Å². The molecule has 1 aliphatic heterocycles. The lowest BCUT2D eigenvalue weighted by Crippen LogP contribution is -2.48. The number of nitriles is 1. The van der Waals surface area contributed by atoms with Crippen molar-refractivity contribution < 1.29 is 14.3 Å². The van der Waals surface area contributed by atoms with Gasteiger partial charge in [-0.2, -0.15) is 5.26 Å². The van der Waals surface area contributed by atoms with Gasteiger partial charge in [-0.05, 0) is 36.4 Å². The number of methoxy groups -OCH3 is 1. The summed E-state index contributed by atoms with van der Waals surface area (Å²) in [5, 5.41) is 9.28. The molecule has 8 heteroatoms. The van der Waals surface area contributed by atoms with E-state index in [0.717, 1.165) is 18.8 Å². The Bertz CT molecular complexity index is 1170. The second-order valence-electron chi connectivity index (χ2n) is 7.44. The SMILES string of the molecule is COC(=O)c1c(N)c(C#N)cn1-c1ccc(N2CCN(C(=O)c3ccccc3)CC2)cc1. The molecule has 162 valence electrons. The van der Waals surface area contributed by atoms with Gasteiger partial charge in [-0.3, -0.25) is 4.79 Å². The third kappa shape index (κ3) is 3.88. The van der Waals surface area contributed by atoms with E-state index in [-0.39, 0.29) is 22.9 Å². The number of piperazine rings is 1. The van der Waals surface area contributed by atoms with E-state index in [1.54, 1.807) is 4.57 Å². The molecule has 2 heterocycles. The molecule has 2 aromatic carbocycles. The van der Waals surface area contributed by atoms with Crippen molar-refractivity contribution in [3.8, 4) is 11.8 Å². The molecular formula is C24H23N5O3. The van der Waals surface area contributed by atoms with E-state index in [1.165, 1.54) is 13.3 Å². The van der Waals surface area contributed by atoms with Gasteiger partial charge in [0.05, 0.1) is 18.4 Å². The van der Waals surface area contributed by atoms with Gasteiger partial charge in [-0.1, -0.05) is 18.2 Å². The molecule has 8 nitrogen and oxygen atoms in total. The fraction of sp³-hybridized carbons (Fsp3) is 0.208. The normalized spacial score (nSPS) is 13.5. The Balaban J connectivity index is 1.48. The van der Waals surface area contributed by atoms with Gasteiger partial charge in [0.15, 0.2) is 5.69 Å². The van der Waals surface area contributed by atoms with Crippen molar-refractivity contribution in [1.82, 2.24) is 9.47 Å². The molecule has 0 spiro atoms. The first-order chi connectivity index (χ1) is 15.5. The fourth-order valence-corrected chi connectivity index (χ4v) is 3.87. The van der Waals surface area contributed by atoms with Crippen molar-refractivity contribution in [2.45, 2.75) is 0 Å². The predicted octanol–water partition coefficient (Wildman–Crippen LogP) is 2.68. The predicted molar refractivity (Wildman–Crippen MR) is 121 cm³/mol. The van der Waals surface area contributed by atoms with Crippen LogP contribution in [0.4, 0.5) is 11.4 Å². The van der Waals surface area contributed by atoms with Gasteiger partial charge >= 0.3 is 5.97 Å². The third-order valence-corrected chi connectivity index (χ3v) is 5.62. The molecular weight excluding hydrogens is 406 g/mol. The Hall–Kier alpha value is -4.25.